The van der Waals surface area contributed by atoms with E-state index in [9.17, 15) is 22.8 Å². The van der Waals surface area contributed by atoms with E-state index in [4.69, 9.17) is 11.6 Å². The van der Waals surface area contributed by atoms with Crippen LogP contribution in [0.2, 0.25) is 5.02 Å². The number of nitrogens with one attached hydrogen (secondary N) is 2. The highest BCUT2D eigenvalue weighted by atomic mass is 35.5. The van der Waals surface area contributed by atoms with E-state index in [-0.39, 0.29) is 28.5 Å². The van der Waals surface area contributed by atoms with Gasteiger partial charge in [0.05, 0.1) is 17.4 Å². The molecule has 2 aromatic heterocycles. The number of carbonyl (C=O) groups is 1. The third-order valence-electron chi connectivity index (χ3n) is 3.84. The summed E-state index contributed by atoms with van der Waals surface area (Å²) in [5.41, 5.74) is -1.37. The maximum absolute atomic E-state index is 12.6. The van der Waals surface area contributed by atoms with Gasteiger partial charge in [-0.3, -0.25) is 9.59 Å². The molecule has 26 heavy (non-hydrogen) atoms. The first-order chi connectivity index (χ1) is 12.3. The van der Waals surface area contributed by atoms with E-state index in [1.54, 1.807) is 0 Å². The van der Waals surface area contributed by atoms with Crippen LogP contribution in [-0.4, -0.2) is 33.3 Å². The molecule has 11 heteroatoms. The predicted molar refractivity (Wildman–Crippen MR) is 87.3 cm³/mol. The van der Waals surface area contributed by atoms with E-state index in [0.717, 1.165) is 16.8 Å². The lowest BCUT2D eigenvalue weighted by Gasteiger charge is -2.24. The molecule has 0 radical (unpaired) electrons. The van der Waals surface area contributed by atoms with Gasteiger partial charge in [0.15, 0.2) is 5.82 Å². The Bertz CT molecular complexity index is 872. The van der Waals surface area contributed by atoms with Crippen molar-refractivity contribution in [3.63, 3.8) is 0 Å². The van der Waals surface area contributed by atoms with Gasteiger partial charge in [-0.15, -0.1) is 0 Å². The molecular formula is C15H13ClF3N5O2. The molecule has 1 amide bonds. The summed E-state index contributed by atoms with van der Waals surface area (Å²) in [6.45, 7) is 0.388. The number of anilines is 1. The van der Waals surface area contributed by atoms with E-state index in [1.165, 1.54) is 6.20 Å². The number of piperidine rings is 1. The maximum atomic E-state index is 12.6. The second-order valence-corrected chi connectivity index (χ2v) is 6.05. The van der Waals surface area contributed by atoms with Crippen molar-refractivity contribution in [2.24, 2.45) is 0 Å². The highest BCUT2D eigenvalue weighted by Gasteiger charge is 2.30. The predicted octanol–water partition coefficient (Wildman–Crippen LogP) is 1.99. The van der Waals surface area contributed by atoms with Crippen LogP contribution in [0.15, 0.2) is 29.3 Å². The zero-order valence-corrected chi connectivity index (χ0v) is 13.9. The second-order valence-electron chi connectivity index (χ2n) is 5.68. The fraction of sp³-hybridized carbons (Fsp3) is 0.333. The van der Waals surface area contributed by atoms with Gasteiger partial charge in [-0.1, -0.05) is 11.6 Å². The van der Waals surface area contributed by atoms with Crippen LogP contribution in [-0.2, 0) is 11.0 Å². The molecule has 1 aliphatic rings. The van der Waals surface area contributed by atoms with Crippen LogP contribution in [0, 0.1) is 0 Å². The number of nitrogens with zero attached hydrogens (tertiary/aromatic N) is 3. The molecule has 1 atom stereocenters. The van der Waals surface area contributed by atoms with E-state index < -0.39 is 17.3 Å². The summed E-state index contributed by atoms with van der Waals surface area (Å²) < 4.78 is 38.6. The van der Waals surface area contributed by atoms with Crippen molar-refractivity contribution < 1.29 is 18.0 Å². The minimum absolute atomic E-state index is 0.0453. The van der Waals surface area contributed by atoms with Gasteiger partial charge in [0, 0.05) is 25.2 Å². The van der Waals surface area contributed by atoms with Crippen LogP contribution >= 0.6 is 11.6 Å². The largest absolute Gasteiger partial charge is 0.417 e. The molecule has 1 fully saturated rings. The number of amides is 1. The van der Waals surface area contributed by atoms with Crippen molar-refractivity contribution in [1.82, 2.24) is 20.1 Å². The van der Waals surface area contributed by atoms with Crippen molar-refractivity contribution in [1.29, 1.82) is 0 Å². The highest BCUT2D eigenvalue weighted by molar-refractivity contribution is 6.33. The molecule has 2 N–H and O–H groups in total. The Morgan fingerprint density at radius 2 is 2.04 bits per heavy atom. The van der Waals surface area contributed by atoms with Crippen molar-refractivity contribution >= 4 is 23.2 Å². The van der Waals surface area contributed by atoms with Crippen LogP contribution in [0.25, 0.3) is 5.82 Å². The molecule has 0 spiro atoms. The van der Waals surface area contributed by atoms with E-state index in [1.807, 2.05) is 0 Å². The number of aromatic nitrogens is 3. The molecule has 0 bridgehead atoms. The molecule has 138 valence electrons. The topological polar surface area (TPSA) is 88.9 Å². The molecular weight excluding hydrogens is 375 g/mol. The lowest BCUT2D eigenvalue weighted by Crippen LogP contribution is -2.42. The minimum atomic E-state index is -4.52. The van der Waals surface area contributed by atoms with Crippen LogP contribution in [0.1, 0.15) is 18.4 Å². The molecule has 0 aromatic carbocycles. The van der Waals surface area contributed by atoms with Gasteiger partial charge in [0.1, 0.15) is 5.02 Å². The molecule has 0 aliphatic carbocycles. The zero-order chi connectivity index (χ0) is 18.9. The van der Waals surface area contributed by atoms with Crippen molar-refractivity contribution in [2.75, 3.05) is 11.9 Å². The van der Waals surface area contributed by atoms with Crippen molar-refractivity contribution in [3.8, 4) is 5.82 Å². The monoisotopic (exact) mass is 387 g/mol. The normalized spacial score (nSPS) is 17.7. The van der Waals surface area contributed by atoms with Gasteiger partial charge in [0.25, 0.3) is 5.56 Å². The Balaban J connectivity index is 1.83. The summed E-state index contributed by atoms with van der Waals surface area (Å²) in [5, 5.41) is 9.46. The Labute approximate surface area is 150 Å². The summed E-state index contributed by atoms with van der Waals surface area (Å²) in [5.74, 6) is -0.127. The average molecular weight is 388 g/mol. The standard InChI is InChI=1S/C15H13ClF3N5O2/c16-13-10(23-9-2-4-12(25)21-6-9)7-22-24(14(13)26)11-3-1-8(5-20-11)15(17,18)19/h1,3,5,7,9,23H,2,4,6H2,(H,21,25). The number of rotatable bonds is 3. The number of hydrogen-bond acceptors (Lipinski definition) is 5. The number of hydrogen-bond donors (Lipinski definition) is 2. The molecule has 1 saturated heterocycles. The van der Waals surface area contributed by atoms with E-state index >= 15 is 0 Å². The third kappa shape index (κ3) is 3.79. The number of alkyl halides is 3. The Morgan fingerprint density at radius 1 is 1.27 bits per heavy atom. The van der Waals surface area contributed by atoms with Crippen molar-refractivity contribution in [3.05, 3.63) is 45.5 Å². The molecule has 3 heterocycles. The SMILES string of the molecule is O=C1CCC(Nc2cnn(-c3ccc(C(F)(F)F)cn3)c(=O)c2Cl)CN1. The van der Waals surface area contributed by atoms with Gasteiger partial charge in [-0.25, -0.2) is 4.98 Å². The van der Waals surface area contributed by atoms with E-state index in [2.05, 4.69) is 20.7 Å². The van der Waals surface area contributed by atoms with E-state index in [0.29, 0.717) is 25.6 Å². The first-order valence-corrected chi connectivity index (χ1v) is 7.98. The first kappa shape index (κ1) is 18.2. The molecule has 7 nitrogen and oxygen atoms in total. The van der Waals surface area contributed by atoms with Crippen LogP contribution in [0.3, 0.4) is 0 Å². The summed E-state index contributed by atoms with van der Waals surface area (Å²) in [6.07, 6.45) is -1.68. The average Bonchev–Trinajstić information content (AvgIpc) is 2.60. The van der Waals surface area contributed by atoms with Crippen LogP contribution < -0.4 is 16.2 Å². The summed E-state index contributed by atoms with van der Waals surface area (Å²) in [6, 6.07) is 1.74. The maximum Gasteiger partial charge on any atom is 0.417 e. The molecule has 3 rings (SSSR count). The first-order valence-electron chi connectivity index (χ1n) is 7.60. The summed E-state index contributed by atoms with van der Waals surface area (Å²) in [7, 11) is 0. The summed E-state index contributed by atoms with van der Waals surface area (Å²) >= 11 is 6.07. The van der Waals surface area contributed by atoms with Gasteiger partial charge >= 0.3 is 6.18 Å². The van der Waals surface area contributed by atoms with Gasteiger partial charge in [0.2, 0.25) is 5.91 Å². The minimum Gasteiger partial charge on any atom is -0.378 e. The molecule has 1 aliphatic heterocycles. The smallest absolute Gasteiger partial charge is 0.378 e. The second kappa shape index (κ2) is 6.94. The van der Waals surface area contributed by atoms with Crippen molar-refractivity contribution in [2.45, 2.75) is 25.1 Å². The Morgan fingerprint density at radius 3 is 2.62 bits per heavy atom. The third-order valence-corrected chi connectivity index (χ3v) is 4.20. The number of halogens is 4. The van der Waals surface area contributed by atoms with Crippen LogP contribution in [0.5, 0.6) is 0 Å². The quantitative estimate of drug-likeness (QED) is 0.840. The highest BCUT2D eigenvalue weighted by Crippen LogP contribution is 2.28. The number of pyridine rings is 1. The summed E-state index contributed by atoms with van der Waals surface area (Å²) in [4.78, 5) is 27.1. The molecule has 0 saturated carbocycles. The fourth-order valence-electron chi connectivity index (χ4n) is 2.45. The lowest BCUT2D eigenvalue weighted by molar-refractivity contribution is -0.137. The van der Waals surface area contributed by atoms with Gasteiger partial charge in [-0.2, -0.15) is 23.0 Å². The lowest BCUT2D eigenvalue weighted by atomic mass is 10.1. The Hall–Kier alpha value is -2.62. The molecule has 1 unspecified atom stereocenters. The van der Waals surface area contributed by atoms with Crippen LogP contribution in [0.4, 0.5) is 18.9 Å². The Kier molecular flexibility index (Phi) is 4.86. The number of carbonyl (C=O) groups excluding carboxylic acids is 1. The fourth-order valence-corrected chi connectivity index (χ4v) is 2.63. The molecule has 2 aromatic rings. The van der Waals surface area contributed by atoms with Gasteiger partial charge < -0.3 is 10.6 Å². The zero-order valence-electron chi connectivity index (χ0n) is 13.2. The van der Waals surface area contributed by atoms with Gasteiger partial charge in [-0.05, 0) is 18.6 Å².